The number of benzene rings is 1. The molecule has 6 nitrogen and oxygen atoms in total. The van der Waals surface area contributed by atoms with Gasteiger partial charge in [0.2, 0.25) is 5.91 Å². The van der Waals surface area contributed by atoms with Crippen molar-refractivity contribution in [3.05, 3.63) is 29.8 Å². The van der Waals surface area contributed by atoms with Crippen molar-refractivity contribution in [1.29, 1.82) is 0 Å². The summed E-state index contributed by atoms with van der Waals surface area (Å²) in [5.74, 6) is 0.916. The summed E-state index contributed by atoms with van der Waals surface area (Å²) in [5.41, 5.74) is 2.28. The Bertz CT molecular complexity index is 526. The molecule has 1 aliphatic heterocycles. The van der Waals surface area contributed by atoms with Gasteiger partial charge in [0.15, 0.2) is 5.96 Å². The Morgan fingerprint density at radius 1 is 1.30 bits per heavy atom. The van der Waals surface area contributed by atoms with Crippen LogP contribution in [0.5, 0.6) is 0 Å². The van der Waals surface area contributed by atoms with Crippen LogP contribution in [0.2, 0.25) is 0 Å². The molecular weight excluding hydrogens is 290 g/mol. The molecule has 2 rings (SSSR count). The van der Waals surface area contributed by atoms with E-state index in [1.807, 2.05) is 0 Å². The van der Waals surface area contributed by atoms with Gasteiger partial charge in [0.05, 0.1) is 6.54 Å². The fourth-order valence-electron chi connectivity index (χ4n) is 2.47. The highest BCUT2D eigenvalue weighted by Gasteiger charge is 2.16. The van der Waals surface area contributed by atoms with Crippen molar-refractivity contribution in [2.24, 2.45) is 4.99 Å². The van der Waals surface area contributed by atoms with Crippen molar-refractivity contribution in [3.63, 3.8) is 0 Å². The van der Waals surface area contributed by atoms with Gasteiger partial charge in [0.25, 0.3) is 0 Å². The van der Waals surface area contributed by atoms with E-state index in [2.05, 4.69) is 57.0 Å². The smallest absolute Gasteiger partial charge is 0.239 e. The first-order valence-corrected chi connectivity index (χ1v) is 8.28. The highest BCUT2D eigenvalue weighted by molar-refractivity contribution is 5.82. The normalized spacial score (nSPS) is 15.3. The minimum absolute atomic E-state index is 0.0870. The summed E-state index contributed by atoms with van der Waals surface area (Å²) in [7, 11) is 1.78. The summed E-state index contributed by atoms with van der Waals surface area (Å²) in [5, 5.41) is 9.45. The minimum Gasteiger partial charge on any atom is -0.360 e. The summed E-state index contributed by atoms with van der Waals surface area (Å²) in [6.07, 6.45) is 2.30. The second-order valence-corrected chi connectivity index (χ2v) is 5.64. The molecule has 0 radical (unpaired) electrons. The van der Waals surface area contributed by atoms with Crippen LogP contribution >= 0.6 is 0 Å². The van der Waals surface area contributed by atoms with E-state index in [1.54, 1.807) is 7.05 Å². The topological polar surface area (TPSA) is 68.8 Å². The zero-order valence-corrected chi connectivity index (χ0v) is 14.1. The van der Waals surface area contributed by atoms with Gasteiger partial charge in [-0.25, -0.2) is 0 Å². The van der Waals surface area contributed by atoms with E-state index in [-0.39, 0.29) is 5.91 Å². The quantitative estimate of drug-likeness (QED) is 0.417. The molecule has 23 heavy (non-hydrogen) atoms. The van der Waals surface area contributed by atoms with Crippen LogP contribution in [0.15, 0.2) is 29.3 Å². The number of nitrogens with one attached hydrogen (secondary N) is 3. The van der Waals surface area contributed by atoms with E-state index < -0.39 is 0 Å². The first kappa shape index (κ1) is 17.1. The number of carbonyl (C=O) groups is 1. The molecule has 1 amide bonds. The van der Waals surface area contributed by atoms with Crippen LogP contribution in [0.1, 0.15) is 25.3 Å². The van der Waals surface area contributed by atoms with Gasteiger partial charge in [-0.3, -0.25) is 9.79 Å². The fourth-order valence-corrected chi connectivity index (χ4v) is 2.47. The molecule has 1 fully saturated rings. The second-order valence-electron chi connectivity index (χ2n) is 5.64. The monoisotopic (exact) mass is 317 g/mol. The molecule has 126 valence electrons. The summed E-state index contributed by atoms with van der Waals surface area (Å²) < 4.78 is 0. The summed E-state index contributed by atoms with van der Waals surface area (Å²) in [4.78, 5) is 17.8. The Labute approximate surface area is 138 Å². The van der Waals surface area contributed by atoms with E-state index >= 15 is 0 Å². The van der Waals surface area contributed by atoms with Crippen molar-refractivity contribution < 1.29 is 4.79 Å². The lowest BCUT2D eigenvalue weighted by Crippen LogP contribution is -2.47. The average molecular weight is 317 g/mol. The molecule has 0 spiro atoms. The summed E-state index contributed by atoms with van der Waals surface area (Å²) in [6, 6.07) is 8.33. The largest absolute Gasteiger partial charge is 0.360 e. The number of nitrogens with zero attached hydrogens (tertiary/aromatic N) is 2. The SMILES string of the molecule is CCCCNC(=NC)NCc1ccc(N2CCNC(=O)C2)cc1. The van der Waals surface area contributed by atoms with Crippen molar-refractivity contribution in [3.8, 4) is 0 Å². The van der Waals surface area contributed by atoms with E-state index in [4.69, 9.17) is 0 Å². The van der Waals surface area contributed by atoms with Crippen LogP contribution in [-0.2, 0) is 11.3 Å². The number of piperazine rings is 1. The second kappa shape index (κ2) is 9.02. The molecular formula is C17H27N5O. The Morgan fingerprint density at radius 2 is 2.09 bits per heavy atom. The molecule has 0 aliphatic carbocycles. The van der Waals surface area contributed by atoms with E-state index in [0.717, 1.165) is 37.7 Å². The van der Waals surface area contributed by atoms with E-state index in [0.29, 0.717) is 13.1 Å². The highest BCUT2D eigenvalue weighted by atomic mass is 16.2. The molecule has 6 heteroatoms. The molecule has 1 aromatic carbocycles. The molecule has 1 aromatic rings. The molecule has 0 saturated carbocycles. The number of amides is 1. The van der Waals surface area contributed by atoms with Gasteiger partial charge in [-0.2, -0.15) is 0 Å². The molecule has 0 atom stereocenters. The van der Waals surface area contributed by atoms with Gasteiger partial charge >= 0.3 is 0 Å². The maximum atomic E-state index is 11.4. The highest BCUT2D eigenvalue weighted by Crippen LogP contribution is 2.15. The Kier molecular flexibility index (Phi) is 6.72. The zero-order chi connectivity index (χ0) is 16.5. The Hall–Kier alpha value is -2.24. The molecule has 3 N–H and O–H groups in total. The maximum absolute atomic E-state index is 11.4. The number of anilines is 1. The molecule has 0 bridgehead atoms. The third-order valence-corrected chi connectivity index (χ3v) is 3.85. The van der Waals surface area contributed by atoms with Gasteiger partial charge in [0, 0.05) is 38.9 Å². The number of carbonyl (C=O) groups excluding carboxylic acids is 1. The van der Waals surface area contributed by atoms with Gasteiger partial charge in [0.1, 0.15) is 0 Å². The van der Waals surface area contributed by atoms with Crippen molar-refractivity contribution >= 4 is 17.6 Å². The van der Waals surface area contributed by atoms with Crippen LogP contribution in [-0.4, -0.2) is 45.1 Å². The minimum atomic E-state index is 0.0870. The first-order chi connectivity index (χ1) is 11.2. The average Bonchev–Trinajstić information content (AvgIpc) is 2.58. The number of unbranched alkanes of at least 4 members (excludes halogenated alkanes) is 1. The fraction of sp³-hybridized carbons (Fsp3) is 0.529. The lowest BCUT2D eigenvalue weighted by molar-refractivity contribution is -0.120. The van der Waals surface area contributed by atoms with Crippen molar-refractivity contribution in [2.75, 3.05) is 38.1 Å². The van der Waals surface area contributed by atoms with Gasteiger partial charge in [-0.1, -0.05) is 25.5 Å². The molecule has 0 aromatic heterocycles. The van der Waals surface area contributed by atoms with Crippen LogP contribution in [0.3, 0.4) is 0 Å². The lowest BCUT2D eigenvalue weighted by Gasteiger charge is -2.28. The van der Waals surface area contributed by atoms with E-state index in [9.17, 15) is 4.79 Å². The third-order valence-electron chi connectivity index (χ3n) is 3.85. The van der Waals surface area contributed by atoms with Crippen LogP contribution < -0.4 is 20.9 Å². The number of hydrogen-bond donors (Lipinski definition) is 3. The molecule has 1 aliphatic rings. The number of guanidine groups is 1. The molecule has 0 unspecified atom stereocenters. The third kappa shape index (κ3) is 5.47. The predicted molar refractivity (Wildman–Crippen MR) is 94.8 cm³/mol. The van der Waals surface area contributed by atoms with Crippen molar-refractivity contribution in [1.82, 2.24) is 16.0 Å². The molecule has 1 heterocycles. The first-order valence-electron chi connectivity index (χ1n) is 8.28. The number of hydrogen-bond acceptors (Lipinski definition) is 3. The lowest BCUT2D eigenvalue weighted by atomic mass is 10.2. The predicted octanol–water partition coefficient (Wildman–Crippen LogP) is 1.09. The standard InChI is InChI=1S/C17H27N5O/c1-3-4-9-20-17(18-2)21-12-14-5-7-15(8-6-14)22-11-10-19-16(23)13-22/h5-8H,3-4,9-13H2,1-2H3,(H,19,23)(H2,18,20,21). The van der Waals surface area contributed by atoms with Gasteiger partial charge in [-0.05, 0) is 24.1 Å². The Morgan fingerprint density at radius 3 is 2.74 bits per heavy atom. The summed E-state index contributed by atoms with van der Waals surface area (Å²) >= 11 is 0. The Balaban J connectivity index is 1.83. The molecule has 1 saturated heterocycles. The van der Waals surface area contributed by atoms with Crippen LogP contribution in [0.25, 0.3) is 0 Å². The van der Waals surface area contributed by atoms with Crippen LogP contribution in [0, 0.1) is 0 Å². The zero-order valence-electron chi connectivity index (χ0n) is 14.1. The van der Waals surface area contributed by atoms with E-state index in [1.165, 1.54) is 12.0 Å². The van der Waals surface area contributed by atoms with Crippen molar-refractivity contribution in [2.45, 2.75) is 26.3 Å². The summed E-state index contributed by atoms with van der Waals surface area (Å²) in [6.45, 7) is 5.84. The number of aliphatic imine (C=N–C) groups is 1. The number of rotatable bonds is 6. The van der Waals surface area contributed by atoms with Gasteiger partial charge in [-0.15, -0.1) is 0 Å². The van der Waals surface area contributed by atoms with Gasteiger partial charge < -0.3 is 20.9 Å². The van der Waals surface area contributed by atoms with Crippen LogP contribution in [0.4, 0.5) is 5.69 Å². The maximum Gasteiger partial charge on any atom is 0.239 e.